The summed E-state index contributed by atoms with van der Waals surface area (Å²) in [5.41, 5.74) is 6.84. The van der Waals surface area contributed by atoms with E-state index in [2.05, 4.69) is 5.32 Å². The summed E-state index contributed by atoms with van der Waals surface area (Å²) in [6.07, 6.45) is 0.210. The van der Waals surface area contributed by atoms with E-state index in [9.17, 15) is 4.79 Å². The summed E-state index contributed by atoms with van der Waals surface area (Å²) in [5, 5.41) is 2.82. The minimum Gasteiger partial charge on any atom is -0.497 e. The Kier molecular flexibility index (Phi) is 5.63. The first-order valence-electron chi connectivity index (χ1n) is 6.24. The van der Waals surface area contributed by atoms with Gasteiger partial charge in [-0.15, -0.1) is 0 Å². The molecule has 0 aliphatic carbocycles. The van der Waals surface area contributed by atoms with Crippen LogP contribution < -0.4 is 20.5 Å². The van der Waals surface area contributed by atoms with E-state index >= 15 is 0 Å². The van der Waals surface area contributed by atoms with Crippen LogP contribution in [0.5, 0.6) is 11.5 Å². The van der Waals surface area contributed by atoms with E-state index in [-0.39, 0.29) is 18.4 Å². The van der Waals surface area contributed by atoms with Crippen molar-refractivity contribution in [2.24, 2.45) is 5.73 Å². The SMILES string of the molecule is COc1ccc(OC)c(C(N)CC(=O)NC(C)C)c1. The lowest BCUT2D eigenvalue weighted by Crippen LogP contribution is -2.32. The molecule has 106 valence electrons. The third kappa shape index (κ3) is 4.44. The average molecular weight is 266 g/mol. The molecule has 1 atom stereocenters. The number of carbonyl (C=O) groups is 1. The number of methoxy groups -OCH3 is 2. The second kappa shape index (κ2) is 6.99. The Morgan fingerprint density at radius 2 is 2.00 bits per heavy atom. The zero-order chi connectivity index (χ0) is 14.4. The lowest BCUT2D eigenvalue weighted by molar-refractivity contribution is -0.121. The van der Waals surface area contributed by atoms with Gasteiger partial charge in [-0.3, -0.25) is 4.79 Å². The Morgan fingerprint density at radius 3 is 2.53 bits per heavy atom. The maximum absolute atomic E-state index is 11.7. The van der Waals surface area contributed by atoms with E-state index in [1.807, 2.05) is 13.8 Å². The van der Waals surface area contributed by atoms with Gasteiger partial charge < -0.3 is 20.5 Å². The molecule has 1 rings (SSSR count). The molecule has 0 bridgehead atoms. The fourth-order valence-electron chi connectivity index (χ4n) is 1.82. The van der Waals surface area contributed by atoms with Crippen molar-refractivity contribution in [3.05, 3.63) is 23.8 Å². The quantitative estimate of drug-likeness (QED) is 0.820. The van der Waals surface area contributed by atoms with E-state index in [0.29, 0.717) is 11.5 Å². The lowest BCUT2D eigenvalue weighted by Gasteiger charge is -2.17. The Hall–Kier alpha value is -1.75. The molecule has 1 aromatic carbocycles. The number of nitrogens with one attached hydrogen (secondary N) is 1. The summed E-state index contributed by atoms with van der Waals surface area (Å²) < 4.78 is 10.4. The number of nitrogens with two attached hydrogens (primary N) is 1. The van der Waals surface area contributed by atoms with Crippen LogP contribution in [0.15, 0.2) is 18.2 Å². The van der Waals surface area contributed by atoms with E-state index in [1.165, 1.54) is 0 Å². The molecule has 1 aromatic rings. The molecular weight excluding hydrogens is 244 g/mol. The highest BCUT2D eigenvalue weighted by Gasteiger charge is 2.17. The molecule has 0 radical (unpaired) electrons. The maximum Gasteiger partial charge on any atom is 0.222 e. The van der Waals surface area contributed by atoms with Crippen molar-refractivity contribution in [2.45, 2.75) is 32.4 Å². The molecule has 0 aliphatic heterocycles. The van der Waals surface area contributed by atoms with Crippen molar-refractivity contribution in [2.75, 3.05) is 14.2 Å². The molecule has 0 saturated heterocycles. The first kappa shape index (κ1) is 15.3. The molecule has 0 fully saturated rings. The first-order chi connectivity index (χ1) is 8.97. The van der Waals surface area contributed by atoms with Crippen LogP contribution in [0.3, 0.4) is 0 Å². The second-order valence-corrected chi connectivity index (χ2v) is 4.64. The Labute approximate surface area is 114 Å². The van der Waals surface area contributed by atoms with Crippen LogP contribution in [-0.2, 0) is 4.79 Å². The summed E-state index contributed by atoms with van der Waals surface area (Å²) >= 11 is 0. The summed E-state index contributed by atoms with van der Waals surface area (Å²) in [7, 11) is 3.16. The summed E-state index contributed by atoms with van der Waals surface area (Å²) in [5.74, 6) is 1.27. The monoisotopic (exact) mass is 266 g/mol. The summed E-state index contributed by atoms with van der Waals surface area (Å²) in [6, 6.07) is 5.06. The van der Waals surface area contributed by atoms with Gasteiger partial charge in [0.15, 0.2) is 0 Å². The van der Waals surface area contributed by atoms with Gasteiger partial charge in [0.2, 0.25) is 5.91 Å². The van der Waals surface area contributed by atoms with Crippen LogP contribution in [0, 0.1) is 0 Å². The van der Waals surface area contributed by atoms with Crippen LogP contribution in [0.4, 0.5) is 0 Å². The standard InChI is InChI=1S/C14H22N2O3/c1-9(2)16-14(17)8-12(15)11-7-10(18-3)5-6-13(11)19-4/h5-7,9,12H,8,15H2,1-4H3,(H,16,17). The largest absolute Gasteiger partial charge is 0.497 e. The number of amides is 1. The summed E-state index contributed by atoms with van der Waals surface area (Å²) in [4.78, 5) is 11.7. The molecule has 19 heavy (non-hydrogen) atoms. The van der Waals surface area contributed by atoms with Crippen LogP contribution in [-0.4, -0.2) is 26.2 Å². The van der Waals surface area contributed by atoms with Crippen LogP contribution >= 0.6 is 0 Å². The second-order valence-electron chi connectivity index (χ2n) is 4.64. The van der Waals surface area contributed by atoms with E-state index < -0.39 is 6.04 Å². The maximum atomic E-state index is 11.7. The fourth-order valence-corrected chi connectivity index (χ4v) is 1.82. The highest BCUT2D eigenvalue weighted by Crippen LogP contribution is 2.29. The minimum atomic E-state index is -0.427. The fraction of sp³-hybridized carbons (Fsp3) is 0.500. The van der Waals surface area contributed by atoms with E-state index in [1.54, 1.807) is 32.4 Å². The molecular formula is C14H22N2O3. The minimum absolute atomic E-state index is 0.0765. The number of carbonyl (C=O) groups excluding carboxylic acids is 1. The van der Waals surface area contributed by atoms with E-state index in [4.69, 9.17) is 15.2 Å². The predicted octanol–water partition coefficient (Wildman–Crippen LogP) is 1.62. The molecule has 0 aliphatic rings. The lowest BCUT2D eigenvalue weighted by atomic mass is 10.0. The average Bonchev–Trinajstić information content (AvgIpc) is 2.36. The molecule has 1 unspecified atom stereocenters. The highest BCUT2D eigenvalue weighted by molar-refractivity contribution is 5.77. The van der Waals surface area contributed by atoms with Gasteiger partial charge in [-0.25, -0.2) is 0 Å². The number of benzene rings is 1. The Balaban J connectivity index is 2.85. The molecule has 1 amide bonds. The van der Waals surface area contributed by atoms with E-state index in [0.717, 1.165) is 5.56 Å². The predicted molar refractivity (Wildman–Crippen MR) is 74.4 cm³/mol. The molecule has 3 N–H and O–H groups in total. The van der Waals surface area contributed by atoms with Crippen molar-refractivity contribution in [3.63, 3.8) is 0 Å². The molecule has 0 heterocycles. The van der Waals surface area contributed by atoms with Gasteiger partial charge >= 0.3 is 0 Å². The third-order valence-corrected chi connectivity index (χ3v) is 2.69. The van der Waals surface area contributed by atoms with Crippen LogP contribution in [0.1, 0.15) is 31.9 Å². The molecule has 0 aromatic heterocycles. The summed E-state index contributed by atoms with van der Waals surface area (Å²) in [6.45, 7) is 3.82. The van der Waals surface area contributed by atoms with Crippen molar-refractivity contribution in [3.8, 4) is 11.5 Å². The number of rotatable bonds is 6. The van der Waals surface area contributed by atoms with Gasteiger partial charge in [0.1, 0.15) is 11.5 Å². The van der Waals surface area contributed by atoms with Gasteiger partial charge in [-0.1, -0.05) is 0 Å². The van der Waals surface area contributed by atoms with Crippen LogP contribution in [0.25, 0.3) is 0 Å². The van der Waals surface area contributed by atoms with Crippen molar-refractivity contribution >= 4 is 5.91 Å². The Bertz CT molecular complexity index is 433. The normalized spacial score (nSPS) is 12.1. The topological polar surface area (TPSA) is 73.6 Å². The number of hydrogen-bond donors (Lipinski definition) is 2. The zero-order valence-corrected chi connectivity index (χ0v) is 11.9. The van der Waals surface area contributed by atoms with Gasteiger partial charge in [0, 0.05) is 24.1 Å². The van der Waals surface area contributed by atoms with Gasteiger partial charge in [-0.2, -0.15) is 0 Å². The smallest absolute Gasteiger partial charge is 0.222 e. The van der Waals surface area contributed by atoms with Crippen LogP contribution in [0.2, 0.25) is 0 Å². The third-order valence-electron chi connectivity index (χ3n) is 2.69. The van der Waals surface area contributed by atoms with Gasteiger partial charge in [0.05, 0.1) is 14.2 Å². The van der Waals surface area contributed by atoms with Gasteiger partial charge in [0.25, 0.3) is 0 Å². The highest BCUT2D eigenvalue weighted by atomic mass is 16.5. The van der Waals surface area contributed by atoms with Crippen molar-refractivity contribution in [1.29, 1.82) is 0 Å². The molecule has 0 saturated carbocycles. The van der Waals surface area contributed by atoms with Gasteiger partial charge in [-0.05, 0) is 32.0 Å². The molecule has 5 nitrogen and oxygen atoms in total. The van der Waals surface area contributed by atoms with Crippen molar-refractivity contribution < 1.29 is 14.3 Å². The molecule has 0 spiro atoms. The number of hydrogen-bond acceptors (Lipinski definition) is 4. The Morgan fingerprint density at radius 1 is 1.32 bits per heavy atom. The molecule has 5 heteroatoms. The first-order valence-corrected chi connectivity index (χ1v) is 6.24. The van der Waals surface area contributed by atoms with Crippen molar-refractivity contribution in [1.82, 2.24) is 5.32 Å². The number of ether oxygens (including phenoxy) is 2. The zero-order valence-electron chi connectivity index (χ0n) is 11.9.